The summed E-state index contributed by atoms with van der Waals surface area (Å²) in [5.41, 5.74) is -2.12. The molecule has 144 valence electrons. The topological polar surface area (TPSA) is 93.5 Å². The number of hydrogen-bond donors (Lipinski definition) is 2. The smallest absolute Gasteiger partial charge is 0.435 e. The molecular weight excluding hydrogens is 367 g/mol. The first-order valence-electron chi connectivity index (χ1n) is 8.08. The second-order valence-electron chi connectivity index (χ2n) is 6.15. The molecule has 27 heavy (non-hydrogen) atoms. The second kappa shape index (κ2) is 7.03. The third kappa shape index (κ3) is 3.95. The number of nitrogens with zero attached hydrogens (tertiary/aromatic N) is 2. The van der Waals surface area contributed by atoms with Gasteiger partial charge in [-0.3, -0.25) is 4.79 Å². The molecule has 7 nitrogen and oxygen atoms in total. The number of ether oxygens (including phenoxy) is 1. The summed E-state index contributed by atoms with van der Waals surface area (Å²) in [5.74, 6) is -1.79. The zero-order valence-corrected chi connectivity index (χ0v) is 14.0. The number of hydrogen-bond acceptors (Lipinski definition) is 4. The van der Waals surface area contributed by atoms with Gasteiger partial charge >= 0.3 is 12.1 Å². The summed E-state index contributed by atoms with van der Waals surface area (Å²) in [6, 6.07) is 6.59. The van der Waals surface area contributed by atoms with Crippen LogP contribution in [0.5, 0.6) is 0 Å². The van der Waals surface area contributed by atoms with Crippen molar-refractivity contribution in [3.8, 4) is 5.69 Å². The van der Waals surface area contributed by atoms with E-state index in [2.05, 4.69) is 10.4 Å². The molecule has 1 aromatic heterocycles. The van der Waals surface area contributed by atoms with Gasteiger partial charge in [0.2, 0.25) is 0 Å². The van der Waals surface area contributed by atoms with E-state index in [0.717, 1.165) is 16.9 Å². The van der Waals surface area contributed by atoms with Crippen LogP contribution in [-0.4, -0.2) is 45.5 Å². The number of benzene rings is 1. The number of rotatable bonds is 4. The molecule has 3 rings (SSSR count). The number of carboxylic acids is 1. The van der Waals surface area contributed by atoms with Crippen LogP contribution in [0.3, 0.4) is 0 Å². The fourth-order valence-corrected chi connectivity index (χ4v) is 2.81. The lowest BCUT2D eigenvalue weighted by molar-refractivity contribution is -0.148. The molecule has 1 saturated heterocycles. The number of amides is 1. The third-order valence-electron chi connectivity index (χ3n) is 4.36. The number of aliphatic carboxylic acids is 1. The fraction of sp³-hybridized carbons (Fsp3) is 0.353. The number of carbonyl (C=O) groups excluding carboxylic acids is 1. The average Bonchev–Trinajstić information content (AvgIpc) is 3.13. The lowest BCUT2D eigenvalue weighted by Gasteiger charge is -2.33. The van der Waals surface area contributed by atoms with Crippen molar-refractivity contribution < 1.29 is 32.6 Å². The SMILES string of the molecule is O=C(NC1(C(=O)O)CCOCC1)c1cccc(-n2ccc(C(F)(F)F)n2)c1. The largest absolute Gasteiger partial charge is 0.480 e. The molecule has 1 aliphatic heterocycles. The van der Waals surface area contributed by atoms with Gasteiger partial charge in [0, 0.05) is 37.8 Å². The van der Waals surface area contributed by atoms with Gasteiger partial charge in [-0.05, 0) is 24.3 Å². The van der Waals surface area contributed by atoms with Gasteiger partial charge in [-0.1, -0.05) is 6.07 Å². The summed E-state index contributed by atoms with van der Waals surface area (Å²) in [6.07, 6.45) is -3.18. The zero-order valence-electron chi connectivity index (χ0n) is 14.0. The molecule has 0 spiro atoms. The summed E-state index contributed by atoms with van der Waals surface area (Å²) in [4.78, 5) is 24.2. The quantitative estimate of drug-likeness (QED) is 0.845. The van der Waals surface area contributed by atoms with Crippen LogP contribution in [0.25, 0.3) is 5.69 Å². The molecule has 1 fully saturated rings. The van der Waals surface area contributed by atoms with E-state index < -0.39 is 29.3 Å². The molecule has 0 radical (unpaired) electrons. The predicted molar refractivity (Wildman–Crippen MR) is 86.5 cm³/mol. The van der Waals surface area contributed by atoms with Crippen molar-refractivity contribution in [2.24, 2.45) is 0 Å². The summed E-state index contributed by atoms with van der Waals surface area (Å²) in [6.45, 7) is 0.417. The summed E-state index contributed by atoms with van der Waals surface area (Å²) in [5, 5.41) is 15.5. The van der Waals surface area contributed by atoms with Gasteiger partial charge in [-0.15, -0.1) is 0 Å². The first-order chi connectivity index (χ1) is 12.7. The zero-order chi connectivity index (χ0) is 19.7. The Kier molecular flexibility index (Phi) is 4.92. The van der Waals surface area contributed by atoms with Crippen molar-refractivity contribution in [3.05, 3.63) is 47.8 Å². The highest BCUT2D eigenvalue weighted by molar-refractivity contribution is 5.98. The van der Waals surface area contributed by atoms with Crippen LogP contribution in [0.1, 0.15) is 28.9 Å². The third-order valence-corrected chi connectivity index (χ3v) is 4.36. The lowest BCUT2D eigenvalue weighted by Crippen LogP contribution is -2.57. The van der Waals surface area contributed by atoms with E-state index >= 15 is 0 Å². The van der Waals surface area contributed by atoms with Gasteiger partial charge in [0.1, 0.15) is 5.54 Å². The van der Waals surface area contributed by atoms with Crippen LogP contribution in [-0.2, 0) is 15.7 Å². The van der Waals surface area contributed by atoms with Crippen molar-refractivity contribution in [1.82, 2.24) is 15.1 Å². The minimum absolute atomic E-state index is 0.115. The van der Waals surface area contributed by atoms with E-state index in [9.17, 15) is 27.9 Å². The van der Waals surface area contributed by atoms with E-state index in [-0.39, 0.29) is 37.3 Å². The molecule has 2 aromatic rings. The Bertz CT molecular complexity index is 857. The Morgan fingerprint density at radius 1 is 1.22 bits per heavy atom. The van der Waals surface area contributed by atoms with Gasteiger partial charge < -0.3 is 15.2 Å². The lowest BCUT2D eigenvalue weighted by atomic mass is 9.89. The number of halogens is 3. The normalized spacial score (nSPS) is 16.7. The van der Waals surface area contributed by atoms with Gasteiger partial charge in [-0.25, -0.2) is 9.48 Å². The van der Waals surface area contributed by atoms with Crippen LogP contribution in [0, 0.1) is 0 Å². The highest BCUT2D eigenvalue weighted by atomic mass is 19.4. The first kappa shape index (κ1) is 18.9. The van der Waals surface area contributed by atoms with E-state index in [1.807, 2.05) is 0 Å². The maximum atomic E-state index is 12.7. The Balaban J connectivity index is 1.83. The Morgan fingerprint density at radius 2 is 1.93 bits per heavy atom. The monoisotopic (exact) mass is 383 g/mol. The van der Waals surface area contributed by atoms with Crippen molar-refractivity contribution in [2.45, 2.75) is 24.6 Å². The molecular formula is C17H16F3N3O4. The van der Waals surface area contributed by atoms with Gasteiger partial charge in [0.05, 0.1) is 5.69 Å². The molecule has 1 aromatic carbocycles. The number of carbonyl (C=O) groups is 2. The standard InChI is InChI=1S/C17H16F3N3O4/c18-17(19,20)13-4-7-23(22-13)12-3-1-2-11(10-12)14(24)21-16(15(25)26)5-8-27-9-6-16/h1-4,7,10H,5-6,8-9H2,(H,21,24)(H,25,26). The van der Waals surface area contributed by atoms with Crippen LogP contribution in [0.2, 0.25) is 0 Å². The van der Waals surface area contributed by atoms with Crippen molar-refractivity contribution >= 4 is 11.9 Å². The highest BCUT2D eigenvalue weighted by Gasteiger charge is 2.41. The van der Waals surface area contributed by atoms with Crippen LogP contribution < -0.4 is 5.32 Å². The molecule has 0 saturated carbocycles. The molecule has 10 heteroatoms. The summed E-state index contributed by atoms with van der Waals surface area (Å²) < 4.78 is 44.2. The Morgan fingerprint density at radius 3 is 2.52 bits per heavy atom. The minimum Gasteiger partial charge on any atom is -0.480 e. The maximum Gasteiger partial charge on any atom is 0.435 e. The molecule has 0 unspecified atom stereocenters. The highest BCUT2D eigenvalue weighted by Crippen LogP contribution is 2.28. The molecule has 1 amide bonds. The van der Waals surface area contributed by atoms with Gasteiger partial charge in [-0.2, -0.15) is 18.3 Å². The van der Waals surface area contributed by atoms with Crippen LogP contribution in [0.15, 0.2) is 36.5 Å². The van der Waals surface area contributed by atoms with Crippen LogP contribution in [0.4, 0.5) is 13.2 Å². The minimum atomic E-state index is -4.57. The Hall–Kier alpha value is -2.88. The van der Waals surface area contributed by atoms with Crippen molar-refractivity contribution in [1.29, 1.82) is 0 Å². The maximum absolute atomic E-state index is 12.7. The van der Waals surface area contributed by atoms with E-state index in [1.165, 1.54) is 24.3 Å². The van der Waals surface area contributed by atoms with E-state index in [1.54, 1.807) is 0 Å². The number of alkyl halides is 3. The van der Waals surface area contributed by atoms with Crippen LogP contribution >= 0.6 is 0 Å². The molecule has 2 heterocycles. The average molecular weight is 383 g/mol. The first-order valence-corrected chi connectivity index (χ1v) is 8.08. The number of aromatic nitrogens is 2. The molecule has 2 N–H and O–H groups in total. The Labute approximate surface area is 151 Å². The molecule has 0 bridgehead atoms. The van der Waals surface area contributed by atoms with E-state index in [4.69, 9.17) is 4.74 Å². The molecule has 0 atom stereocenters. The van der Waals surface area contributed by atoms with Gasteiger partial charge in [0.15, 0.2) is 5.69 Å². The molecule has 0 aliphatic carbocycles. The molecule has 1 aliphatic rings. The van der Waals surface area contributed by atoms with E-state index in [0.29, 0.717) is 0 Å². The number of nitrogens with one attached hydrogen (secondary N) is 1. The van der Waals surface area contributed by atoms with Crippen molar-refractivity contribution in [2.75, 3.05) is 13.2 Å². The summed E-state index contributed by atoms with van der Waals surface area (Å²) in [7, 11) is 0. The predicted octanol–water partition coefficient (Wildman–Crippen LogP) is 2.25. The van der Waals surface area contributed by atoms with Crippen molar-refractivity contribution in [3.63, 3.8) is 0 Å². The fourth-order valence-electron chi connectivity index (χ4n) is 2.81. The van der Waals surface area contributed by atoms with Gasteiger partial charge in [0.25, 0.3) is 5.91 Å². The second-order valence-corrected chi connectivity index (χ2v) is 6.15. The summed E-state index contributed by atoms with van der Waals surface area (Å²) >= 11 is 0. The number of carboxylic acid groups (broad SMARTS) is 1.